The van der Waals surface area contributed by atoms with Gasteiger partial charge in [0.2, 0.25) is 0 Å². The maximum Gasteiger partial charge on any atom is 0.131 e. The highest BCUT2D eigenvalue weighted by molar-refractivity contribution is 5.30. The molecule has 0 radical (unpaired) electrons. The number of nitrogens with two attached hydrogens (primary N) is 1. The topological polar surface area (TPSA) is 44.5 Å². The Bertz CT molecular complexity index is 315. The first-order valence-corrected chi connectivity index (χ1v) is 4.82. The lowest BCUT2D eigenvalue weighted by molar-refractivity contribution is 0.146. The molecule has 0 spiro atoms. The first kappa shape index (κ1) is 11.9. The molecule has 1 aromatic carbocycles. The van der Waals surface area contributed by atoms with Gasteiger partial charge in [-0.15, -0.1) is 0 Å². The van der Waals surface area contributed by atoms with E-state index in [2.05, 4.69) is 0 Å². The lowest BCUT2D eigenvalue weighted by Crippen LogP contribution is -2.08. The Balaban J connectivity index is 2.65. The third kappa shape index (κ3) is 3.49. The molecule has 0 saturated carbocycles. The summed E-state index contributed by atoms with van der Waals surface area (Å²) in [7, 11) is 1.59. The smallest absolute Gasteiger partial charge is 0.131 e. The molecular weight excluding hydrogens is 197 g/mol. The minimum atomic E-state index is -0.333. The highest BCUT2D eigenvalue weighted by atomic mass is 19.1. The van der Waals surface area contributed by atoms with Gasteiger partial charge in [0.15, 0.2) is 0 Å². The summed E-state index contributed by atoms with van der Waals surface area (Å²) in [5.74, 6) is 0.161. The van der Waals surface area contributed by atoms with Crippen molar-refractivity contribution in [2.24, 2.45) is 5.73 Å². The van der Waals surface area contributed by atoms with E-state index in [1.807, 2.05) is 0 Å². The van der Waals surface area contributed by atoms with Crippen molar-refractivity contribution in [3.05, 3.63) is 29.6 Å². The van der Waals surface area contributed by atoms with Gasteiger partial charge in [-0.25, -0.2) is 4.39 Å². The van der Waals surface area contributed by atoms with E-state index in [0.717, 1.165) is 0 Å². The Morgan fingerprint density at radius 1 is 1.40 bits per heavy atom. The number of hydrogen-bond acceptors (Lipinski definition) is 3. The predicted molar refractivity (Wildman–Crippen MR) is 56.4 cm³/mol. The molecule has 1 atom stereocenters. The first-order chi connectivity index (χ1) is 7.15. The minimum Gasteiger partial charge on any atom is -0.491 e. The summed E-state index contributed by atoms with van der Waals surface area (Å²) in [6.07, 6.45) is 0. The van der Waals surface area contributed by atoms with Crippen molar-refractivity contribution in [2.75, 3.05) is 20.3 Å². The van der Waals surface area contributed by atoms with Crippen LogP contribution in [0.1, 0.15) is 18.5 Å². The molecule has 0 unspecified atom stereocenters. The lowest BCUT2D eigenvalue weighted by Gasteiger charge is -2.10. The quantitative estimate of drug-likeness (QED) is 0.759. The minimum absolute atomic E-state index is 0.307. The van der Waals surface area contributed by atoms with Crippen molar-refractivity contribution in [2.45, 2.75) is 13.0 Å². The van der Waals surface area contributed by atoms with Crippen LogP contribution in [0.2, 0.25) is 0 Å². The third-order valence-corrected chi connectivity index (χ3v) is 2.02. The van der Waals surface area contributed by atoms with Crippen LogP contribution in [0.4, 0.5) is 4.39 Å². The van der Waals surface area contributed by atoms with Crippen molar-refractivity contribution >= 4 is 0 Å². The molecule has 2 N–H and O–H groups in total. The van der Waals surface area contributed by atoms with Crippen LogP contribution in [0.5, 0.6) is 5.75 Å². The maximum absolute atomic E-state index is 13.4. The first-order valence-electron chi connectivity index (χ1n) is 4.82. The maximum atomic E-state index is 13.4. The van der Waals surface area contributed by atoms with E-state index in [-0.39, 0.29) is 11.9 Å². The number of methoxy groups -OCH3 is 1. The molecule has 0 heterocycles. The highest BCUT2D eigenvalue weighted by Crippen LogP contribution is 2.20. The van der Waals surface area contributed by atoms with Gasteiger partial charge in [0, 0.05) is 24.8 Å². The summed E-state index contributed by atoms with van der Waals surface area (Å²) in [6, 6.07) is 4.38. The molecule has 0 bridgehead atoms. The summed E-state index contributed by atoms with van der Waals surface area (Å²) in [6.45, 7) is 2.63. The number of hydrogen-bond donors (Lipinski definition) is 1. The molecule has 0 saturated heterocycles. The van der Waals surface area contributed by atoms with E-state index in [1.54, 1.807) is 26.2 Å². The van der Waals surface area contributed by atoms with Gasteiger partial charge in [-0.05, 0) is 13.0 Å². The van der Waals surface area contributed by atoms with E-state index in [1.165, 1.54) is 6.07 Å². The number of halogens is 1. The van der Waals surface area contributed by atoms with Crippen LogP contribution in [0.25, 0.3) is 0 Å². The van der Waals surface area contributed by atoms with Crippen LogP contribution in [0, 0.1) is 5.82 Å². The van der Waals surface area contributed by atoms with Crippen LogP contribution < -0.4 is 10.5 Å². The van der Waals surface area contributed by atoms with Crippen LogP contribution in [0.3, 0.4) is 0 Å². The van der Waals surface area contributed by atoms with E-state index in [9.17, 15) is 4.39 Å². The largest absolute Gasteiger partial charge is 0.491 e. The van der Waals surface area contributed by atoms with Crippen molar-refractivity contribution in [3.8, 4) is 5.75 Å². The number of ether oxygens (including phenoxy) is 2. The van der Waals surface area contributed by atoms with Gasteiger partial charge in [-0.1, -0.05) is 6.07 Å². The average Bonchev–Trinajstić information content (AvgIpc) is 2.17. The predicted octanol–water partition coefficient (Wildman–Crippen LogP) is 1.87. The molecule has 0 aliphatic heterocycles. The van der Waals surface area contributed by atoms with E-state index >= 15 is 0 Å². The fourth-order valence-corrected chi connectivity index (χ4v) is 1.21. The molecule has 1 rings (SSSR count). The zero-order valence-electron chi connectivity index (χ0n) is 9.00. The van der Waals surface area contributed by atoms with E-state index in [0.29, 0.717) is 24.5 Å². The van der Waals surface area contributed by atoms with Crippen LogP contribution >= 0.6 is 0 Å². The normalized spacial score (nSPS) is 12.5. The molecule has 0 aliphatic carbocycles. The summed E-state index contributed by atoms with van der Waals surface area (Å²) < 4.78 is 23.5. The SMILES string of the molecule is COCCOc1ccc([C@H](C)N)c(F)c1. The zero-order valence-corrected chi connectivity index (χ0v) is 9.00. The zero-order chi connectivity index (χ0) is 11.3. The van der Waals surface area contributed by atoms with Crippen LogP contribution in [-0.4, -0.2) is 20.3 Å². The Morgan fingerprint density at radius 3 is 2.67 bits per heavy atom. The van der Waals surface area contributed by atoms with Crippen molar-refractivity contribution in [1.29, 1.82) is 0 Å². The summed E-state index contributed by atoms with van der Waals surface area (Å²) in [5, 5.41) is 0. The molecule has 0 fully saturated rings. The van der Waals surface area contributed by atoms with Gasteiger partial charge in [-0.3, -0.25) is 0 Å². The van der Waals surface area contributed by atoms with Crippen molar-refractivity contribution in [1.82, 2.24) is 0 Å². The second-order valence-corrected chi connectivity index (χ2v) is 3.31. The molecular formula is C11H16FNO2. The van der Waals surface area contributed by atoms with Gasteiger partial charge in [-0.2, -0.15) is 0 Å². The Morgan fingerprint density at radius 2 is 2.13 bits per heavy atom. The summed E-state index contributed by atoms with van der Waals surface area (Å²) in [5.41, 5.74) is 6.08. The molecule has 15 heavy (non-hydrogen) atoms. The van der Waals surface area contributed by atoms with E-state index in [4.69, 9.17) is 15.2 Å². The standard InChI is InChI=1S/C11H16FNO2/c1-8(13)10-4-3-9(7-11(10)12)15-6-5-14-2/h3-4,7-8H,5-6,13H2,1-2H3/t8-/m0/s1. The van der Waals surface area contributed by atoms with Crippen LogP contribution in [-0.2, 0) is 4.74 Å². The highest BCUT2D eigenvalue weighted by Gasteiger charge is 2.07. The second-order valence-electron chi connectivity index (χ2n) is 3.31. The summed E-state index contributed by atoms with van der Waals surface area (Å²) in [4.78, 5) is 0. The van der Waals surface area contributed by atoms with Crippen molar-refractivity contribution < 1.29 is 13.9 Å². The lowest BCUT2D eigenvalue weighted by atomic mass is 10.1. The monoisotopic (exact) mass is 213 g/mol. The molecule has 0 amide bonds. The average molecular weight is 213 g/mol. The van der Waals surface area contributed by atoms with Gasteiger partial charge < -0.3 is 15.2 Å². The van der Waals surface area contributed by atoms with Crippen molar-refractivity contribution in [3.63, 3.8) is 0 Å². The molecule has 4 heteroatoms. The number of benzene rings is 1. The fourth-order valence-electron chi connectivity index (χ4n) is 1.21. The van der Waals surface area contributed by atoms with Gasteiger partial charge >= 0.3 is 0 Å². The number of rotatable bonds is 5. The Labute approximate surface area is 89.0 Å². The fraction of sp³-hybridized carbons (Fsp3) is 0.455. The van der Waals surface area contributed by atoms with Gasteiger partial charge in [0.1, 0.15) is 18.2 Å². The van der Waals surface area contributed by atoms with E-state index < -0.39 is 0 Å². The second kappa shape index (κ2) is 5.68. The Kier molecular flexibility index (Phi) is 4.52. The van der Waals surface area contributed by atoms with Gasteiger partial charge in [0.05, 0.1) is 6.61 Å². The Hall–Kier alpha value is -1.13. The molecule has 84 valence electrons. The van der Waals surface area contributed by atoms with Gasteiger partial charge in [0.25, 0.3) is 0 Å². The third-order valence-electron chi connectivity index (χ3n) is 2.02. The van der Waals surface area contributed by atoms with Crippen LogP contribution in [0.15, 0.2) is 18.2 Å². The molecule has 1 aromatic rings. The molecule has 3 nitrogen and oxygen atoms in total. The molecule has 0 aromatic heterocycles. The molecule has 0 aliphatic rings. The summed E-state index contributed by atoms with van der Waals surface area (Å²) >= 11 is 0.